The van der Waals surface area contributed by atoms with Crippen LogP contribution in [0.5, 0.6) is 0 Å². The minimum absolute atomic E-state index is 2.08. The van der Waals surface area contributed by atoms with Gasteiger partial charge in [0.05, 0.1) is 0 Å². The summed E-state index contributed by atoms with van der Waals surface area (Å²) in [7, 11) is 0. The first kappa shape index (κ1) is 5.19. The highest BCUT2D eigenvalue weighted by Gasteiger charge is 1.56. The molecule has 0 saturated heterocycles. The molecule has 0 rings (SSSR count). The maximum atomic E-state index is 4.67. The van der Waals surface area contributed by atoms with Gasteiger partial charge in [0.2, 0.25) is 0 Å². The van der Waals surface area contributed by atoms with Gasteiger partial charge in [0.25, 0.3) is 0 Å². The zero-order chi connectivity index (χ0) is 4.12. The number of hydrogen-bond acceptors (Lipinski definition) is 5. The van der Waals surface area contributed by atoms with Crippen molar-refractivity contribution in [2.75, 3.05) is 0 Å². The first-order valence-electron chi connectivity index (χ1n) is 1.01. The molecule has 4 nitrogen and oxygen atoms in total. The fourth-order valence-corrected chi connectivity index (χ4v) is 0.0968. The van der Waals surface area contributed by atoms with E-state index < -0.39 is 0 Å². The van der Waals surface area contributed by atoms with E-state index in [9.17, 15) is 0 Å². The highest BCUT2D eigenvalue weighted by molar-refractivity contribution is 7.78. The van der Waals surface area contributed by atoms with E-state index in [1.54, 1.807) is 0 Å². The van der Waals surface area contributed by atoms with Gasteiger partial charge in [0.15, 0.2) is 0 Å². The van der Waals surface area contributed by atoms with Gasteiger partial charge in [-0.2, -0.15) is 15.9 Å². The smallest absolute Gasteiger partial charge is 0.0828 e. The number of nitrogens with two attached hydrogens (primary N) is 1. The van der Waals surface area contributed by atoms with Crippen LogP contribution in [0.15, 0.2) is 0 Å². The normalized spacial score (nSPS) is 8.40. The lowest BCUT2D eigenvalue weighted by Gasteiger charge is -1.91. The van der Waals surface area contributed by atoms with Gasteiger partial charge in [-0.1, -0.05) is 12.8 Å². The summed E-state index contributed by atoms with van der Waals surface area (Å²) < 4.78 is 0. The van der Waals surface area contributed by atoms with Crippen molar-refractivity contribution in [3.05, 3.63) is 0 Å². The van der Waals surface area contributed by atoms with Gasteiger partial charge < -0.3 is 0 Å². The van der Waals surface area contributed by atoms with Crippen molar-refractivity contribution >= 4 is 12.8 Å². The Morgan fingerprint density at radius 2 is 2.20 bits per heavy atom. The third-order valence-corrected chi connectivity index (χ3v) is 0.240. The fourth-order valence-electron chi connectivity index (χ4n) is 0.0323. The molecular weight excluding hydrogens is 88.1 g/mol. The van der Waals surface area contributed by atoms with Crippen molar-refractivity contribution in [3.8, 4) is 0 Å². The van der Waals surface area contributed by atoms with E-state index in [1.165, 1.54) is 0 Å². The van der Waals surface area contributed by atoms with Gasteiger partial charge in [-0.05, 0) is 0 Å². The molecular formula is H6N4S. The molecule has 0 unspecified atom stereocenters. The summed E-state index contributed by atoms with van der Waals surface area (Å²) in [5, 5.41) is 0. The van der Waals surface area contributed by atoms with Gasteiger partial charge in [-0.3, -0.25) is 5.84 Å². The predicted octanol–water partition coefficient (Wildman–Crippen LogP) is -1.70. The van der Waals surface area contributed by atoms with Crippen LogP contribution in [0.25, 0.3) is 0 Å². The van der Waals surface area contributed by atoms with Crippen molar-refractivity contribution < 1.29 is 0 Å². The van der Waals surface area contributed by atoms with Crippen LogP contribution in [0.4, 0.5) is 0 Å². The Labute approximate surface area is 35.6 Å². The lowest BCUT2D eigenvalue weighted by molar-refractivity contribution is 0.545. The number of rotatable bonds is 2. The van der Waals surface area contributed by atoms with Gasteiger partial charge >= 0.3 is 0 Å². The molecule has 0 radical (unpaired) electrons. The van der Waals surface area contributed by atoms with Crippen LogP contribution in [0.3, 0.4) is 0 Å². The van der Waals surface area contributed by atoms with Crippen LogP contribution in [0, 0.1) is 0 Å². The van der Waals surface area contributed by atoms with E-state index in [1.807, 2.05) is 0 Å². The number of hydrazine groups is 3. The third-order valence-electron chi connectivity index (χ3n) is 0.128. The molecule has 0 saturated carbocycles. The Kier molecular flexibility index (Phi) is 4.35. The molecule has 0 aliphatic carbocycles. The summed E-state index contributed by atoms with van der Waals surface area (Å²) in [6.07, 6.45) is 0. The summed E-state index contributed by atoms with van der Waals surface area (Å²) in [4.78, 5) is 2.23. The molecule has 32 valence electrons. The van der Waals surface area contributed by atoms with E-state index in [-0.39, 0.29) is 0 Å². The topological polar surface area (TPSA) is 62.1 Å². The van der Waals surface area contributed by atoms with Gasteiger partial charge in [-0.15, -0.1) is 0 Å². The zero-order valence-corrected chi connectivity index (χ0v) is 3.42. The SMILES string of the molecule is NNNNS. The highest BCUT2D eigenvalue weighted by atomic mass is 32.1. The molecule has 0 amide bonds. The Balaban J connectivity index is 2.19. The maximum Gasteiger partial charge on any atom is -0.0828 e. The standard InChI is InChI=1S/H6N4S/c1-2-3-4-5/h2-5H,1H2. The molecule has 0 aromatic carbocycles. The summed E-state index contributed by atoms with van der Waals surface area (Å²) in [5.41, 5.74) is 4.33. The molecule has 0 fully saturated rings. The second-order valence-electron chi connectivity index (χ2n) is 0.381. The molecule has 5 N–H and O–H groups in total. The zero-order valence-electron chi connectivity index (χ0n) is 2.52. The molecule has 0 aliphatic rings. The van der Waals surface area contributed by atoms with Crippen LogP contribution < -0.4 is 21.7 Å². The van der Waals surface area contributed by atoms with Crippen molar-refractivity contribution in [2.24, 2.45) is 5.84 Å². The molecule has 0 bridgehead atoms. The largest absolute Gasteiger partial charge is 0.257 e. The summed E-state index contributed by atoms with van der Waals surface area (Å²) in [5.74, 6) is 4.67. The number of thiol groups is 1. The molecule has 0 heterocycles. The van der Waals surface area contributed by atoms with Gasteiger partial charge in [0.1, 0.15) is 0 Å². The fraction of sp³-hybridized carbons (Fsp3) is 0. The lowest BCUT2D eigenvalue weighted by Crippen LogP contribution is -2.42. The Morgan fingerprint density at radius 3 is 2.20 bits per heavy atom. The molecule has 5 heteroatoms. The van der Waals surface area contributed by atoms with Crippen LogP contribution in [-0.4, -0.2) is 0 Å². The van der Waals surface area contributed by atoms with Gasteiger partial charge in [-0.25, -0.2) is 0 Å². The van der Waals surface area contributed by atoms with Crippen molar-refractivity contribution in [1.29, 1.82) is 0 Å². The highest BCUT2D eigenvalue weighted by Crippen LogP contribution is 1.37. The lowest BCUT2D eigenvalue weighted by atomic mass is 12.4. The second-order valence-corrected chi connectivity index (χ2v) is 0.605. The van der Waals surface area contributed by atoms with E-state index in [0.717, 1.165) is 0 Å². The Hall–Kier alpha value is 0.190. The maximum absolute atomic E-state index is 4.67. The summed E-state index contributed by atoms with van der Waals surface area (Å²) in [6, 6.07) is 0. The average molecular weight is 94.1 g/mol. The van der Waals surface area contributed by atoms with E-state index in [0.29, 0.717) is 0 Å². The molecule has 5 heavy (non-hydrogen) atoms. The van der Waals surface area contributed by atoms with Crippen molar-refractivity contribution in [3.63, 3.8) is 0 Å². The third kappa shape index (κ3) is 4.19. The average Bonchev–Trinajstić information content (AvgIpc) is 1.41. The van der Waals surface area contributed by atoms with E-state index >= 15 is 0 Å². The summed E-state index contributed by atoms with van der Waals surface area (Å²) in [6.45, 7) is 0. The first-order chi connectivity index (χ1) is 2.41. The molecule has 0 spiro atoms. The quantitative estimate of drug-likeness (QED) is 0.161. The molecule has 0 aromatic rings. The number of nitrogens with one attached hydrogen (secondary N) is 3. The Bertz CT molecular complexity index is 11.1. The predicted molar refractivity (Wildman–Crippen MR) is 22.6 cm³/mol. The van der Waals surface area contributed by atoms with Crippen LogP contribution in [0.2, 0.25) is 0 Å². The van der Waals surface area contributed by atoms with Crippen LogP contribution in [0.1, 0.15) is 0 Å². The Morgan fingerprint density at radius 1 is 1.60 bits per heavy atom. The van der Waals surface area contributed by atoms with Gasteiger partial charge in [0, 0.05) is 0 Å². The molecule has 0 aliphatic heterocycles. The van der Waals surface area contributed by atoms with E-state index in [2.05, 4.69) is 34.6 Å². The monoisotopic (exact) mass is 94.0 g/mol. The van der Waals surface area contributed by atoms with Crippen LogP contribution >= 0.6 is 12.8 Å². The number of hydrogen-bond donors (Lipinski definition) is 5. The second kappa shape index (κ2) is 4.19. The summed E-state index contributed by atoms with van der Waals surface area (Å²) >= 11 is 3.50. The minimum Gasteiger partial charge on any atom is -0.257 e. The molecule has 0 aromatic heterocycles. The molecule has 0 atom stereocenters. The van der Waals surface area contributed by atoms with Crippen molar-refractivity contribution in [1.82, 2.24) is 15.9 Å². The first-order valence-corrected chi connectivity index (χ1v) is 1.46. The van der Waals surface area contributed by atoms with E-state index in [4.69, 9.17) is 0 Å². The van der Waals surface area contributed by atoms with Crippen LogP contribution in [-0.2, 0) is 0 Å². The minimum atomic E-state index is 2.08. The van der Waals surface area contributed by atoms with Crippen molar-refractivity contribution in [2.45, 2.75) is 0 Å².